The predicted molar refractivity (Wildman–Crippen MR) is 75.3 cm³/mol. The summed E-state index contributed by atoms with van der Waals surface area (Å²) in [6, 6.07) is 5.97. The molecule has 1 atom stereocenters. The molecule has 1 saturated heterocycles. The van der Waals surface area contributed by atoms with Gasteiger partial charge >= 0.3 is 5.97 Å². The van der Waals surface area contributed by atoms with E-state index in [1.54, 1.807) is 6.07 Å². The Kier molecular flexibility index (Phi) is 3.97. The summed E-state index contributed by atoms with van der Waals surface area (Å²) in [5.74, 6) is -1.04. The van der Waals surface area contributed by atoms with Crippen LogP contribution in [0.3, 0.4) is 0 Å². The van der Waals surface area contributed by atoms with Gasteiger partial charge in [0.1, 0.15) is 11.0 Å². The van der Waals surface area contributed by atoms with Crippen LogP contribution in [0.25, 0.3) is 0 Å². The molecular weight excluding hydrogens is 316 g/mol. The number of carbonyl (C=O) groups is 1. The van der Waals surface area contributed by atoms with Gasteiger partial charge in [0.25, 0.3) is 0 Å². The predicted octanol–water partition coefficient (Wildman–Crippen LogP) is 1.70. The van der Waals surface area contributed by atoms with Crippen molar-refractivity contribution in [2.45, 2.75) is 18.2 Å². The molecule has 0 saturated carbocycles. The van der Waals surface area contributed by atoms with Crippen LogP contribution in [0, 0.1) is 16.7 Å². The highest BCUT2D eigenvalue weighted by Gasteiger charge is 2.45. The fourth-order valence-electron chi connectivity index (χ4n) is 2.27. The number of hydrogen-bond acceptors (Lipinski definition) is 4. The zero-order valence-electron chi connectivity index (χ0n) is 11.2. The van der Waals surface area contributed by atoms with Gasteiger partial charge in [0, 0.05) is 13.1 Å². The minimum absolute atomic E-state index is 0.0544. The molecule has 0 amide bonds. The van der Waals surface area contributed by atoms with Crippen LogP contribution in [-0.2, 0) is 14.8 Å². The molecule has 6 nitrogen and oxygen atoms in total. The quantitative estimate of drug-likeness (QED) is 0.910. The Hall–Kier alpha value is -1.62. The van der Waals surface area contributed by atoms with E-state index in [4.69, 9.17) is 16.9 Å². The number of carboxylic acid groups (broad SMARTS) is 1. The fraction of sp³-hybridized carbons (Fsp3) is 0.385. The molecule has 1 heterocycles. The topological polar surface area (TPSA) is 98.5 Å². The van der Waals surface area contributed by atoms with Gasteiger partial charge in [0.05, 0.1) is 16.0 Å². The summed E-state index contributed by atoms with van der Waals surface area (Å²) in [7, 11) is -3.95. The molecule has 1 aliphatic rings. The molecule has 1 aromatic carbocycles. The van der Waals surface area contributed by atoms with Gasteiger partial charge in [-0.15, -0.1) is 0 Å². The van der Waals surface area contributed by atoms with Crippen molar-refractivity contribution in [3.63, 3.8) is 0 Å². The fourth-order valence-corrected chi connectivity index (χ4v) is 4.27. The van der Waals surface area contributed by atoms with E-state index in [0.29, 0.717) is 0 Å². The summed E-state index contributed by atoms with van der Waals surface area (Å²) in [6.45, 7) is 1.48. The van der Waals surface area contributed by atoms with Crippen LogP contribution >= 0.6 is 11.6 Å². The first-order valence-electron chi connectivity index (χ1n) is 6.14. The third kappa shape index (κ3) is 2.62. The highest BCUT2D eigenvalue weighted by molar-refractivity contribution is 7.89. The molecule has 0 bridgehead atoms. The van der Waals surface area contributed by atoms with Crippen molar-refractivity contribution in [3.8, 4) is 6.07 Å². The Morgan fingerprint density at radius 1 is 1.52 bits per heavy atom. The zero-order chi connectivity index (χ0) is 15.8. The van der Waals surface area contributed by atoms with Gasteiger partial charge in [-0.25, -0.2) is 8.42 Å². The molecule has 1 fully saturated rings. The van der Waals surface area contributed by atoms with E-state index >= 15 is 0 Å². The van der Waals surface area contributed by atoms with E-state index in [2.05, 4.69) is 0 Å². The summed E-state index contributed by atoms with van der Waals surface area (Å²) in [4.78, 5) is 11.0. The lowest BCUT2D eigenvalue weighted by Crippen LogP contribution is -2.35. The van der Waals surface area contributed by atoms with Crippen LogP contribution in [0.4, 0.5) is 0 Å². The number of sulfonamides is 1. The van der Waals surface area contributed by atoms with Crippen LogP contribution in [0.1, 0.15) is 18.9 Å². The Morgan fingerprint density at radius 2 is 2.19 bits per heavy atom. The molecule has 2 rings (SSSR count). The van der Waals surface area contributed by atoms with Gasteiger partial charge in [0.15, 0.2) is 0 Å². The number of carboxylic acids is 1. The number of hydrogen-bond donors (Lipinski definition) is 1. The highest BCUT2D eigenvalue weighted by atomic mass is 35.5. The van der Waals surface area contributed by atoms with E-state index in [9.17, 15) is 18.3 Å². The first kappa shape index (κ1) is 15.8. The Morgan fingerprint density at radius 3 is 2.71 bits per heavy atom. The second kappa shape index (κ2) is 5.30. The van der Waals surface area contributed by atoms with Gasteiger partial charge in [-0.3, -0.25) is 4.79 Å². The molecule has 0 spiro atoms. The maximum atomic E-state index is 12.6. The maximum absolute atomic E-state index is 12.6. The number of nitrogens with zero attached hydrogens (tertiary/aromatic N) is 2. The van der Waals surface area contributed by atoms with E-state index in [-0.39, 0.29) is 35.0 Å². The number of aliphatic carboxylic acids is 1. The summed E-state index contributed by atoms with van der Waals surface area (Å²) < 4.78 is 26.3. The van der Waals surface area contributed by atoms with E-state index in [0.717, 1.165) is 4.31 Å². The molecular formula is C13H13ClN2O4S. The molecule has 0 radical (unpaired) electrons. The molecule has 1 unspecified atom stereocenters. The van der Waals surface area contributed by atoms with Crippen LogP contribution in [0.15, 0.2) is 23.1 Å². The largest absolute Gasteiger partial charge is 0.481 e. The molecule has 0 aliphatic carbocycles. The monoisotopic (exact) mass is 328 g/mol. The molecule has 21 heavy (non-hydrogen) atoms. The van der Waals surface area contributed by atoms with Gasteiger partial charge in [-0.05, 0) is 25.5 Å². The molecule has 1 N–H and O–H groups in total. The molecule has 112 valence electrons. The highest BCUT2D eigenvalue weighted by Crippen LogP contribution is 2.35. The maximum Gasteiger partial charge on any atom is 0.310 e. The van der Waals surface area contributed by atoms with Crippen molar-refractivity contribution < 1.29 is 18.3 Å². The van der Waals surface area contributed by atoms with Gasteiger partial charge in [0.2, 0.25) is 10.0 Å². The normalized spacial score (nSPS) is 22.9. The smallest absolute Gasteiger partial charge is 0.310 e. The first-order valence-corrected chi connectivity index (χ1v) is 7.96. The minimum Gasteiger partial charge on any atom is -0.481 e. The average Bonchev–Trinajstić information content (AvgIpc) is 2.83. The average molecular weight is 329 g/mol. The molecule has 8 heteroatoms. The Labute approximate surface area is 127 Å². The Balaban J connectivity index is 2.44. The van der Waals surface area contributed by atoms with E-state index in [1.165, 1.54) is 25.1 Å². The number of benzene rings is 1. The molecule has 1 aliphatic heterocycles. The van der Waals surface area contributed by atoms with Crippen LogP contribution < -0.4 is 0 Å². The lowest BCUT2D eigenvalue weighted by Gasteiger charge is -2.20. The van der Waals surface area contributed by atoms with Crippen molar-refractivity contribution in [2.75, 3.05) is 13.1 Å². The lowest BCUT2D eigenvalue weighted by atomic mass is 9.90. The third-order valence-electron chi connectivity index (χ3n) is 3.66. The first-order chi connectivity index (χ1) is 9.72. The third-order valence-corrected chi connectivity index (χ3v) is 5.86. The van der Waals surface area contributed by atoms with Crippen molar-refractivity contribution in [1.82, 2.24) is 4.31 Å². The van der Waals surface area contributed by atoms with Crippen molar-refractivity contribution >= 4 is 27.6 Å². The Bertz CT molecular complexity index is 741. The van der Waals surface area contributed by atoms with Crippen molar-refractivity contribution in [1.29, 1.82) is 5.26 Å². The van der Waals surface area contributed by atoms with E-state index < -0.39 is 21.4 Å². The summed E-state index contributed by atoms with van der Waals surface area (Å²) in [6.07, 6.45) is 0.226. The summed E-state index contributed by atoms with van der Waals surface area (Å²) in [5, 5.41) is 18.3. The summed E-state index contributed by atoms with van der Waals surface area (Å²) >= 11 is 5.85. The van der Waals surface area contributed by atoms with Gasteiger partial charge < -0.3 is 5.11 Å². The molecule has 1 aromatic rings. The van der Waals surface area contributed by atoms with Crippen molar-refractivity contribution in [3.05, 3.63) is 28.8 Å². The SMILES string of the molecule is CC1(C(=O)O)CCN(S(=O)(=O)c2cccc(Cl)c2C#N)C1. The lowest BCUT2D eigenvalue weighted by molar-refractivity contribution is -0.146. The van der Waals surface area contributed by atoms with Gasteiger partial charge in [-0.2, -0.15) is 9.57 Å². The van der Waals surface area contributed by atoms with E-state index in [1.807, 2.05) is 0 Å². The number of rotatable bonds is 3. The van der Waals surface area contributed by atoms with Crippen LogP contribution in [-0.4, -0.2) is 36.9 Å². The van der Waals surface area contributed by atoms with Crippen LogP contribution in [0.2, 0.25) is 5.02 Å². The van der Waals surface area contributed by atoms with Crippen LogP contribution in [0.5, 0.6) is 0 Å². The zero-order valence-corrected chi connectivity index (χ0v) is 12.8. The second-order valence-electron chi connectivity index (χ2n) is 5.18. The molecule has 0 aromatic heterocycles. The number of nitriles is 1. The standard InChI is InChI=1S/C13H13ClN2O4S/c1-13(12(17)18)5-6-16(8-13)21(19,20)11-4-2-3-10(14)9(11)7-15/h2-4H,5-6,8H2,1H3,(H,17,18). The van der Waals surface area contributed by atoms with Crippen molar-refractivity contribution in [2.24, 2.45) is 5.41 Å². The minimum atomic E-state index is -3.95. The second-order valence-corrected chi connectivity index (χ2v) is 7.49. The number of halogens is 1. The summed E-state index contributed by atoms with van der Waals surface area (Å²) in [5.41, 5.74) is -1.23. The van der Waals surface area contributed by atoms with Gasteiger partial charge in [-0.1, -0.05) is 17.7 Å².